The second-order valence-electron chi connectivity index (χ2n) is 13.1. The topological polar surface area (TPSA) is 109 Å². The Morgan fingerprint density at radius 2 is 1.51 bits per heavy atom. The number of carbonyl (C=O) groups excluding carboxylic acids is 3. The number of hydrogen-bond acceptors (Lipinski definition) is 9. The van der Waals surface area contributed by atoms with Gasteiger partial charge < -0.3 is 19.3 Å². The largest absolute Gasteiger partial charge is 0.468 e. The fourth-order valence-corrected chi connectivity index (χ4v) is 9.77. The van der Waals surface area contributed by atoms with Crippen LogP contribution in [0.4, 0.5) is 0 Å². The average molecular weight is 730 g/mol. The third-order valence-corrected chi connectivity index (χ3v) is 12.6. The van der Waals surface area contributed by atoms with E-state index < -0.39 is 34.6 Å². The van der Waals surface area contributed by atoms with Crippen LogP contribution in [0.5, 0.6) is 0 Å². The van der Waals surface area contributed by atoms with Gasteiger partial charge in [-0.05, 0) is 62.6 Å². The first-order valence-corrected chi connectivity index (χ1v) is 18.8. The van der Waals surface area contributed by atoms with Crippen LogP contribution >= 0.6 is 23.2 Å². The van der Waals surface area contributed by atoms with E-state index >= 15 is 0 Å². The highest BCUT2D eigenvalue weighted by Gasteiger charge is 2.47. The normalized spacial score (nSPS) is 26.7. The van der Waals surface area contributed by atoms with Gasteiger partial charge in [-0.2, -0.15) is 0 Å². The summed E-state index contributed by atoms with van der Waals surface area (Å²) in [6, 6.07) is 15.5. The molecule has 4 aliphatic rings. The van der Waals surface area contributed by atoms with Crippen molar-refractivity contribution in [2.75, 3.05) is 53.2 Å². The molecule has 0 aliphatic carbocycles. The number of carbonyl (C=O) groups is 3. The van der Waals surface area contributed by atoms with Crippen molar-refractivity contribution in [3.8, 4) is 0 Å². The quantitative estimate of drug-likeness (QED) is 0.342. The molecule has 4 unspecified atom stereocenters. The summed E-state index contributed by atoms with van der Waals surface area (Å²) >= 11 is 13.5. The average Bonchev–Trinajstić information content (AvgIpc) is 3.29. The Labute approximate surface area is 299 Å². The van der Waals surface area contributed by atoms with Gasteiger partial charge in [0.2, 0.25) is 5.91 Å². The molecule has 5 atom stereocenters. The molecule has 4 heterocycles. The molecule has 6 rings (SSSR count). The van der Waals surface area contributed by atoms with E-state index in [2.05, 4.69) is 16.8 Å². The molecule has 2 bridgehead atoms. The molecule has 13 heteroatoms. The summed E-state index contributed by atoms with van der Waals surface area (Å²) in [5.74, 6) is -4.17. The van der Waals surface area contributed by atoms with Crippen molar-refractivity contribution in [1.82, 2.24) is 14.7 Å². The molecule has 0 aromatic heterocycles. The molecule has 0 N–H and O–H groups in total. The minimum atomic E-state index is -1.63. The van der Waals surface area contributed by atoms with Gasteiger partial charge in [-0.1, -0.05) is 47.5 Å². The molecule has 3 saturated heterocycles. The van der Waals surface area contributed by atoms with E-state index in [9.17, 15) is 18.6 Å². The Balaban J connectivity index is 1.32. The number of methoxy groups -OCH3 is 2. The highest BCUT2D eigenvalue weighted by atomic mass is 35.5. The summed E-state index contributed by atoms with van der Waals surface area (Å²) in [7, 11) is 3.07. The number of esters is 2. The summed E-state index contributed by atoms with van der Waals surface area (Å²) < 4.78 is 24.1. The van der Waals surface area contributed by atoms with E-state index in [0.717, 1.165) is 25.9 Å². The third-order valence-electron chi connectivity index (χ3n) is 10.6. The van der Waals surface area contributed by atoms with Gasteiger partial charge in [-0.25, -0.2) is 4.79 Å². The summed E-state index contributed by atoms with van der Waals surface area (Å²) in [6.07, 6.45) is 4.63. The standard InChI is InChI=1S/C36H42Cl2N4O6S/c1-40-22-12-13-23(40)19-24(18-22)41-14-16-42(17-15-41)30(43)20-28-32(35(44)47-2)34(31-26(37)10-7-11-27(31)38)33(36(45)48-3)29(39-28)21-49(46)25-8-5-4-6-9-25/h4-11,22-24,32,34H,12-21H2,1-3H3/t22?,23?,24?,32?,34-,49?/m0/s1. The maximum Gasteiger partial charge on any atom is 0.336 e. The molecule has 10 nitrogen and oxygen atoms in total. The molecular formula is C36H42Cl2N4O6S. The molecule has 0 spiro atoms. The molecule has 3 fully saturated rings. The zero-order valence-electron chi connectivity index (χ0n) is 28.0. The van der Waals surface area contributed by atoms with Gasteiger partial charge in [-0.3, -0.25) is 23.7 Å². The van der Waals surface area contributed by atoms with Crippen LogP contribution in [0.15, 0.2) is 69.7 Å². The van der Waals surface area contributed by atoms with Gasteiger partial charge in [0, 0.05) is 70.9 Å². The van der Waals surface area contributed by atoms with E-state index in [-0.39, 0.29) is 45.1 Å². The number of halogens is 2. The number of amides is 1. The van der Waals surface area contributed by atoms with Crippen LogP contribution in [0, 0.1) is 5.92 Å². The molecule has 0 saturated carbocycles. The third kappa shape index (κ3) is 7.37. The first kappa shape index (κ1) is 35.7. The Bertz CT molecular complexity index is 1640. The summed E-state index contributed by atoms with van der Waals surface area (Å²) in [6.45, 7) is 2.67. The molecule has 0 radical (unpaired) electrons. The van der Waals surface area contributed by atoms with Crippen LogP contribution in [0.1, 0.15) is 43.6 Å². The predicted octanol–water partition coefficient (Wildman–Crippen LogP) is 4.72. The highest BCUT2D eigenvalue weighted by molar-refractivity contribution is 7.85. The second-order valence-corrected chi connectivity index (χ2v) is 15.4. The fourth-order valence-electron chi connectivity index (χ4n) is 8.04. The van der Waals surface area contributed by atoms with Crippen LogP contribution < -0.4 is 0 Å². The minimum absolute atomic E-state index is 0.00547. The lowest BCUT2D eigenvalue weighted by Crippen LogP contribution is -2.56. The zero-order chi connectivity index (χ0) is 34.8. The first-order valence-electron chi connectivity index (χ1n) is 16.7. The molecule has 1 amide bonds. The lowest BCUT2D eigenvalue weighted by molar-refractivity contribution is -0.143. The van der Waals surface area contributed by atoms with Gasteiger partial charge in [-0.15, -0.1) is 0 Å². The lowest BCUT2D eigenvalue weighted by atomic mass is 9.74. The predicted molar refractivity (Wildman–Crippen MR) is 189 cm³/mol. The van der Waals surface area contributed by atoms with Crippen molar-refractivity contribution < 1.29 is 28.1 Å². The van der Waals surface area contributed by atoms with Crippen molar-refractivity contribution >= 4 is 57.6 Å². The summed E-state index contributed by atoms with van der Waals surface area (Å²) in [5, 5.41) is 0.421. The highest BCUT2D eigenvalue weighted by Crippen LogP contribution is 2.46. The maximum absolute atomic E-state index is 14.0. The minimum Gasteiger partial charge on any atom is -0.468 e. The van der Waals surface area contributed by atoms with Gasteiger partial charge in [0.25, 0.3) is 0 Å². The monoisotopic (exact) mass is 728 g/mol. The summed E-state index contributed by atoms with van der Waals surface area (Å²) in [4.78, 5) is 53.5. The van der Waals surface area contributed by atoms with E-state index in [4.69, 9.17) is 37.7 Å². The fraction of sp³-hybridized carbons (Fsp3) is 0.500. The van der Waals surface area contributed by atoms with Gasteiger partial charge >= 0.3 is 11.9 Å². The maximum atomic E-state index is 14.0. The van der Waals surface area contributed by atoms with Gasteiger partial charge in [0.15, 0.2) is 0 Å². The number of benzene rings is 2. The molecule has 4 aliphatic heterocycles. The van der Waals surface area contributed by atoms with Crippen LogP contribution in [0.25, 0.3) is 0 Å². The Morgan fingerprint density at radius 1 is 0.878 bits per heavy atom. The van der Waals surface area contributed by atoms with Crippen LogP contribution in [-0.4, -0.2) is 114 Å². The van der Waals surface area contributed by atoms with E-state index in [1.54, 1.807) is 42.5 Å². The number of ether oxygens (including phenoxy) is 2. The number of aliphatic imine (C=N–C) groups is 1. The summed E-state index contributed by atoms with van der Waals surface area (Å²) in [5.41, 5.74) is 0.624. The second kappa shape index (κ2) is 15.4. The number of nitrogens with zero attached hydrogens (tertiary/aromatic N) is 4. The Kier molecular flexibility index (Phi) is 11.3. The van der Waals surface area contributed by atoms with Crippen LogP contribution in [0.3, 0.4) is 0 Å². The van der Waals surface area contributed by atoms with E-state index in [1.165, 1.54) is 27.1 Å². The van der Waals surface area contributed by atoms with Crippen molar-refractivity contribution in [3.05, 3.63) is 75.4 Å². The number of piperazine rings is 1. The van der Waals surface area contributed by atoms with Crippen molar-refractivity contribution in [2.24, 2.45) is 10.9 Å². The van der Waals surface area contributed by atoms with Crippen molar-refractivity contribution in [3.63, 3.8) is 0 Å². The SMILES string of the molecule is COC(=O)C1=C(CS(=O)c2ccccc2)N=C(CC(=O)N2CCN(C3CC4CCC(C3)N4C)CC2)C(C(=O)OC)[C@@H]1c1c(Cl)cccc1Cl. The van der Waals surface area contributed by atoms with Crippen LogP contribution in [-0.2, 0) is 34.7 Å². The number of hydrogen-bond donors (Lipinski definition) is 0. The van der Waals surface area contributed by atoms with E-state index in [1.807, 2.05) is 11.0 Å². The van der Waals surface area contributed by atoms with Gasteiger partial charge in [0.1, 0.15) is 5.92 Å². The molecule has 49 heavy (non-hydrogen) atoms. The van der Waals surface area contributed by atoms with Crippen molar-refractivity contribution in [1.29, 1.82) is 0 Å². The molecule has 2 aromatic carbocycles. The molecule has 262 valence electrons. The zero-order valence-corrected chi connectivity index (χ0v) is 30.3. The Hall–Kier alpha value is -3.09. The van der Waals surface area contributed by atoms with Crippen molar-refractivity contribution in [2.45, 2.75) is 61.0 Å². The van der Waals surface area contributed by atoms with Gasteiger partial charge in [0.05, 0.1) is 48.5 Å². The number of fused-ring (bicyclic) bond motifs is 2. The molecular weight excluding hydrogens is 687 g/mol. The first-order chi connectivity index (χ1) is 23.6. The number of rotatable bonds is 9. The number of piperidine rings is 1. The molecule has 2 aromatic rings. The van der Waals surface area contributed by atoms with E-state index in [0.29, 0.717) is 41.7 Å². The lowest BCUT2D eigenvalue weighted by Gasteiger charge is -2.45. The van der Waals surface area contributed by atoms with Crippen LogP contribution in [0.2, 0.25) is 10.0 Å². The smallest absolute Gasteiger partial charge is 0.336 e. The Morgan fingerprint density at radius 3 is 2.10 bits per heavy atom.